The van der Waals surface area contributed by atoms with Crippen molar-refractivity contribution >= 4 is 18.2 Å². The Balaban J connectivity index is 0.000000534. The monoisotopic (exact) mass is 448 g/mol. The van der Waals surface area contributed by atoms with Crippen molar-refractivity contribution in [3.63, 3.8) is 0 Å². The molecule has 8 nitrogen and oxygen atoms in total. The van der Waals surface area contributed by atoms with Crippen molar-refractivity contribution in [1.82, 2.24) is 0 Å². The lowest BCUT2D eigenvalue weighted by Gasteiger charge is -2.48. The number of hydrogen-bond acceptors (Lipinski definition) is 6. The van der Waals surface area contributed by atoms with E-state index < -0.39 is 17.5 Å². The second-order valence-corrected chi connectivity index (χ2v) is 9.53. The molecule has 4 atom stereocenters. The molecule has 1 aromatic rings. The van der Waals surface area contributed by atoms with Gasteiger partial charge in [0.05, 0.1) is 19.7 Å². The molecule has 3 N–H and O–H groups in total. The van der Waals surface area contributed by atoms with Crippen molar-refractivity contribution < 1.29 is 34.6 Å². The summed E-state index contributed by atoms with van der Waals surface area (Å²) in [6.07, 6.45) is 8.11. The first-order chi connectivity index (χ1) is 15.1. The van der Waals surface area contributed by atoms with Crippen molar-refractivity contribution in [2.75, 3.05) is 27.2 Å². The standard InChI is InChI=1S/C22H34N2O2.C2H2O4/c1-21-11-9-19(15-18-7-5-4-6-8-18)16-22(21,25)12-10-20(21)17-23-26-14-13-24(2)3;3-1(4)2(5)6/h4-8,17,19-20,25H,9-16H2,1-3H3;(H,3,4)(H,5,6)/b23-17+;/t19-,20+,21+,22-;/m0./s1. The Morgan fingerprint density at radius 3 is 2.50 bits per heavy atom. The zero-order valence-corrected chi connectivity index (χ0v) is 19.3. The molecule has 2 fully saturated rings. The van der Waals surface area contributed by atoms with Gasteiger partial charge in [0, 0.05) is 17.5 Å². The second-order valence-electron chi connectivity index (χ2n) is 9.53. The van der Waals surface area contributed by atoms with Crippen molar-refractivity contribution in [3.8, 4) is 0 Å². The maximum Gasteiger partial charge on any atom is 0.351 e. The van der Waals surface area contributed by atoms with Gasteiger partial charge in [0.15, 0.2) is 12.6 Å². The summed E-state index contributed by atoms with van der Waals surface area (Å²) in [5.74, 6) is -3.12. The van der Waals surface area contributed by atoms with E-state index in [1.54, 1.807) is 0 Å². The zero-order valence-electron chi connectivity index (χ0n) is 19.3. The van der Waals surface area contributed by atoms with Crippen LogP contribution in [0.5, 0.6) is 0 Å². The molecule has 2 saturated carbocycles. The summed E-state index contributed by atoms with van der Waals surface area (Å²) >= 11 is 0. The topological polar surface area (TPSA) is 124 Å². The van der Waals surface area contributed by atoms with E-state index in [4.69, 9.17) is 24.6 Å². The fourth-order valence-corrected chi connectivity index (χ4v) is 4.96. The summed E-state index contributed by atoms with van der Waals surface area (Å²) in [4.78, 5) is 24.8. The Hall–Kier alpha value is -2.45. The van der Waals surface area contributed by atoms with Crippen LogP contribution < -0.4 is 10.0 Å². The van der Waals surface area contributed by atoms with Crippen molar-refractivity contribution in [2.45, 2.75) is 51.0 Å². The lowest BCUT2D eigenvalue weighted by Crippen LogP contribution is -3.06. The van der Waals surface area contributed by atoms with Gasteiger partial charge in [-0.3, -0.25) is 0 Å². The molecule has 3 rings (SSSR count). The van der Waals surface area contributed by atoms with E-state index in [-0.39, 0.29) is 5.41 Å². The Bertz CT molecular complexity index is 772. The van der Waals surface area contributed by atoms with E-state index in [1.807, 2.05) is 6.21 Å². The maximum atomic E-state index is 11.5. The zero-order chi connectivity index (χ0) is 23.8. The minimum Gasteiger partial charge on any atom is -0.539 e. The highest BCUT2D eigenvalue weighted by molar-refractivity contribution is 6.26. The summed E-state index contributed by atoms with van der Waals surface area (Å²) in [6, 6.07) is 10.7. The predicted octanol–water partition coefficient (Wildman–Crippen LogP) is 0.144. The van der Waals surface area contributed by atoms with Gasteiger partial charge in [-0.05, 0) is 50.0 Å². The molecule has 0 aliphatic heterocycles. The Morgan fingerprint density at radius 1 is 1.25 bits per heavy atom. The molecule has 1 aromatic carbocycles. The van der Waals surface area contributed by atoms with Crippen molar-refractivity contribution in [3.05, 3.63) is 35.9 Å². The van der Waals surface area contributed by atoms with Crippen LogP contribution in [0.15, 0.2) is 35.5 Å². The molecular weight excluding hydrogens is 412 g/mol. The van der Waals surface area contributed by atoms with E-state index >= 15 is 0 Å². The molecule has 0 unspecified atom stereocenters. The van der Waals surface area contributed by atoms with Gasteiger partial charge in [-0.25, -0.2) is 4.79 Å². The first-order valence-electron chi connectivity index (χ1n) is 11.2. The van der Waals surface area contributed by atoms with Crippen LogP contribution in [0.2, 0.25) is 0 Å². The van der Waals surface area contributed by atoms with Gasteiger partial charge in [0.2, 0.25) is 0 Å². The number of nitrogens with zero attached hydrogens (tertiary/aromatic N) is 1. The fraction of sp³-hybridized carbons (Fsp3) is 0.625. The second kappa shape index (κ2) is 11.4. The molecule has 0 spiro atoms. The van der Waals surface area contributed by atoms with Crippen molar-refractivity contribution in [2.24, 2.45) is 22.4 Å². The smallest absolute Gasteiger partial charge is 0.351 e. The molecule has 0 amide bonds. The van der Waals surface area contributed by atoms with Crippen LogP contribution in [0.3, 0.4) is 0 Å². The number of carbonyl (C=O) groups is 2. The normalized spacial score (nSPS) is 29.3. The molecule has 0 heterocycles. The number of aliphatic carboxylic acids is 2. The molecule has 8 heteroatoms. The van der Waals surface area contributed by atoms with E-state index in [1.165, 1.54) is 16.9 Å². The predicted molar refractivity (Wildman–Crippen MR) is 118 cm³/mol. The van der Waals surface area contributed by atoms with Crippen LogP contribution in [0.25, 0.3) is 0 Å². The number of aliphatic hydroxyl groups is 1. The average Bonchev–Trinajstić information content (AvgIpc) is 2.99. The van der Waals surface area contributed by atoms with Gasteiger partial charge >= 0.3 is 5.97 Å². The van der Waals surface area contributed by atoms with Gasteiger partial charge in [0.1, 0.15) is 6.54 Å². The highest BCUT2D eigenvalue weighted by Gasteiger charge is 2.58. The minimum atomic E-state index is -2.07. The van der Waals surface area contributed by atoms with E-state index in [0.29, 0.717) is 18.4 Å². The first kappa shape index (κ1) is 25.8. The SMILES string of the molecule is C[NH+](C)CCO/N=C/[C@H]1CC[C@]2(O)C[C@H](Cc3ccccc3)CC[C@]12C.O=C([O-])C(=O)O. The molecule has 2 aliphatic rings. The number of likely N-dealkylation sites (N-methyl/N-ethyl adjacent to an activating group) is 1. The first-order valence-corrected chi connectivity index (χ1v) is 11.2. The third-order valence-corrected chi connectivity index (χ3v) is 7.00. The minimum absolute atomic E-state index is 0.0696. The van der Waals surface area contributed by atoms with Crippen LogP contribution in [-0.4, -0.2) is 61.2 Å². The molecule has 0 bridgehead atoms. The van der Waals surface area contributed by atoms with Crippen molar-refractivity contribution in [1.29, 1.82) is 0 Å². The molecule has 2 aliphatic carbocycles. The number of oxime groups is 1. The lowest BCUT2D eigenvalue weighted by atomic mass is 9.59. The van der Waals surface area contributed by atoms with Gasteiger partial charge in [-0.1, -0.05) is 42.4 Å². The number of carboxylic acids is 2. The van der Waals surface area contributed by atoms with Gasteiger partial charge in [-0.15, -0.1) is 0 Å². The van der Waals surface area contributed by atoms with Gasteiger partial charge < -0.3 is 29.9 Å². The molecule has 0 radical (unpaired) electrons. The highest BCUT2D eigenvalue weighted by atomic mass is 16.6. The highest BCUT2D eigenvalue weighted by Crippen LogP contribution is 2.58. The fourth-order valence-electron chi connectivity index (χ4n) is 4.96. The molecule has 32 heavy (non-hydrogen) atoms. The van der Waals surface area contributed by atoms with E-state index in [2.05, 4.69) is 56.5 Å². The summed E-state index contributed by atoms with van der Waals surface area (Å²) in [5, 5.41) is 32.0. The van der Waals surface area contributed by atoms with Gasteiger partial charge in [0.25, 0.3) is 0 Å². The number of fused-ring (bicyclic) bond motifs is 1. The summed E-state index contributed by atoms with van der Waals surface area (Å²) in [5.41, 5.74) is 0.756. The summed E-state index contributed by atoms with van der Waals surface area (Å²) in [7, 11) is 4.22. The number of carboxylic acid groups (broad SMARTS) is 2. The third kappa shape index (κ3) is 6.77. The van der Waals surface area contributed by atoms with Crippen LogP contribution in [0.1, 0.15) is 44.6 Å². The maximum absolute atomic E-state index is 11.5. The Morgan fingerprint density at radius 2 is 1.91 bits per heavy atom. The summed E-state index contributed by atoms with van der Waals surface area (Å²) in [6.45, 7) is 3.86. The number of rotatable bonds is 7. The average molecular weight is 449 g/mol. The molecule has 178 valence electrons. The Labute approximate surface area is 189 Å². The van der Waals surface area contributed by atoms with Crippen LogP contribution in [0.4, 0.5) is 0 Å². The number of hydrogen-bond donors (Lipinski definition) is 3. The van der Waals surface area contributed by atoms with Crippen LogP contribution in [-0.2, 0) is 20.8 Å². The number of quaternary nitrogens is 1. The number of nitrogens with one attached hydrogen (secondary N) is 1. The largest absolute Gasteiger partial charge is 0.539 e. The quantitative estimate of drug-likeness (QED) is 0.236. The van der Waals surface area contributed by atoms with Crippen LogP contribution >= 0.6 is 0 Å². The van der Waals surface area contributed by atoms with E-state index in [9.17, 15) is 5.11 Å². The summed E-state index contributed by atoms with van der Waals surface area (Å²) < 4.78 is 0. The van der Waals surface area contributed by atoms with Gasteiger partial charge in [-0.2, -0.15) is 0 Å². The lowest BCUT2D eigenvalue weighted by molar-refractivity contribution is -0.858. The Kier molecular flexibility index (Phi) is 9.21. The molecular formula is C24H36N2O6. The number of benzene rings is 1. The van der Waals surface area contributed by atoms with Crippen LogP contribution in [0, 0.1) is 17.3 Å². The third-order valence-electron chi connectivity index (χ3n) is 7.00. The molecule has 0 aromatic heterocycles. The van der Waals surface area contributed by atoms with E-state index in [0.717, 1.165) is 38.6 Å². The number of carbonyl (C=O) groups excluding carboxylic acids is 1. The molecule has 0 saturated heterocycles.